The van der Waals surface area contributed by atoms with E-state index in [9.17, 15) is 43.2 Å². The van der Waals surface area contributed by atoms with Gasteiger partial charge in [-0.25, -0.2) is 9.13 Å². The molecule has 0 aliphatic rings. The Morgan fingerprint density at radius 3 is 0.807 bits per heavy atom. The Labute approximate surface area is 537 Å². The number of ether oxygens (including phenoxy) is 4. The molecule has 0 amide bonds. The highest BCUT2D eigenvalue weighted by atomic mass is 31.2. The molecule has 0 spiro atoms. The summed E-state index contributed by atoms with van der Waals surface area (Å²) in [5.41, 5.74) is 0. The van der Waals surface area contributed by atoms with Crippen molar-refractivity contribution in [3.05, 3.63) is 0 Å². The molecule has 0 radical (unpaired) electrons. The number of aliphatic hydroxyl groups is 1. The first-order chi connectivity index (χ1) is 42.1. The molecule has 0 aliphatic heterocycles. The van der Waals surface area contributed by atoms with Crippen LogP contribution in [0.1, 0.15) is 338 Å². The normalized spacial score (nSPS) is 14.6. The summed E-state index contributed by atoms with van der Waals surface area (Å²) >= 11 is 0. The van der Waals surface area contributed by atoms with Crippen LogP contribution in [0, 0.1) is 23.7 Å². The average Bonchev–Trinajstić information content (AvgIpc) is 3.58. The van der Waals surface area contributed by atoms with Crippen molar-refractivity contribution in [2.75, 3.05) is 39.6 Å². The van der Waals surface area contributed by atoms with E-state index in [0.29, 0.717) is 37.5 Å². The molecule has 6 atom stereocenters. The van der Waals surface area contributed by atoms with Gasteiger partial charge in [-0.15, -0.1) is 0 Å². The molecule has 522 valence electrons. The van der Waals surface area contributed by atoms with Crippen LogP contribution in [0.15, 0.2) is 0 Å². The van der Waals surface area contributed by atoms with E-state index in [-0.39, 0.29) is 25.7 Å². The molecule has 19 heteroatoms. The number of unbranched alkanes of at least 4 members (excludes halogenated alkanes) is 31. The molecular weight excluding hydrogens is 1160 g/mol. The van der Waals surface area contributed by atoms with Gasteiger partial charge in [-0.2, -0.15) is 0 Å². The zero-order chi connectivity index (χ0) is 65.4. The summed E-state index contributed by atoms with van der Waals surface area (Å²) in [6.07, 6.45) is 40.7. The van der Waals surface area contributed by atoms with Gasteiger partial charge in [0.15, 0.2) is 12.2 Å². The average molecular weight is 1300 g/mol. The molecule has 0 bridgehead atoms. The summed E-state index contributed by atoms with van der Waals surface area (Å²) in [5, 5.41) is 10.6. The Balaban J connectivity index is 5.18. The molecule has 0 aromatic carbocycles. The lowest BCUT2D eigenvalue weighted by molar-refractivity contribution is -0.161. The van der Waals surface area contributed by atoms with Crippen LogP contribution < -0.4 is 0 Å². The van der Waals surface area contributed by atoms with Gasteiger partial charge in [-0.05, 0) is 49.4 Å². The number of phosphoric ester groups is 2. The topological polar surface area (TPSA) is 237 Å². The Morgan fingerprint density at radius 2 is 0.545 bits per heavy atom. The first-order valence-electron chi connectivity index (χ1n) is 35.7. The van der Waals surface area contributed by atoms with Crippen LogP contribution in [-0.2, 0) is 65.4 Å². The zero-order valence-corrected chi connectivity index (χ0v) is 59.1. The summed E-state index contributed by atoms with van der Waals surface area (Å²) in [6.45, 7) is 14.0. The molecule has 0 rings (SSSR count). The minimum absolute atomic E-state index is 0.102. The Bertz CT molecular complexity index is 1750. The molecule has 3 unspecified atom stereocenters. The third kappa shape index (κ3) is 61.6. The molecule has 0 saturated heterocycles. The number of hydrogen-bond donors (Lipinski definition) is 3. The minimum atomic E-state index is -4.95. The SMILES string of the molecule is CCC(C)CCCCCCCCC(=O)OC[C@H](COP(=O)(O)OC[C@H](O)COP(=O)(O)OC[C@@H](COC(=O)CCCCCCCCC(C)C)OC(=O)CCCCCCCCCCCCCCCCCCC(C)C)OC(=O)CCCCCCCCCC(C)C. The van der Waals surface area contributed by atoms with Crippen LogP contribution in [0.25, 0.3) is 0 Å². The summed E-state index contributed by atoms with van der Waals surface area (Å²) < 4.78 is 68.1. The van der Waals surface area contributed by atoms with Crippen molar-refractivity contribution in [3.63, 3.8) is 0 Å². The van der Waals surface area contributed by atoms with Crippen molar-refractivity contribution in [2.45, 2.75) is 356 Å². The summed E-state index contributed by atoms with van der Waals surface area (Å²) in [5.74, 6) is 0.779. The van der Waals surface area contributed by atoms with Crippen LogP contribution in [0.4, 0.5) is 0 Å². The number of rotatable bonds is 66. The molecule has 0 aromatic rings. The quantitative estimate of drug-likeness (QED) is 0.0222. The first-order valence-corrected chi connectivity index (χ1v) is 38.7. The van der Waals surface area contributed by atoms with Gasteiger partial charge in [0, 0.05) is 25.7 Å². The standard InChI is InChI=1S/C69H134O17P2/c1-9-62(8)48-40-32-26-28-34-42-50-67(72)80-56-65(86-69(74)52-44-36-24-20-22-30-38-46-60(4)5)58-84-88(77,78)82-54-63(70)53-81-87(75,76)83-57-64(55-79-66(71)49-41-33-27-25-31-39-47-61(6)7)85-68(73)51-43-35-23-19-17-15-13-11-10-12-14-16-18-21-29-37-45-59(2)3/h59-65,70H,9-58H2,1-8H3,(H,75,76)(H,77,78)/t62?,63-,64-,65-/m1/s1. The van der Waals surface area contributed by atoms with E-state index in [1.807, 2.05) is 0 Å². The van der Waals surface area contributed by atoms with Crippen molar-refractivity contribution in [1.29, 1.82) is 0 Å². The van der Waals surface area contributed by atoms with Crippen molar-refractivity contribution >= 4 is 39.5 Å². The fourth-order valence-electron chi connectivity index (χ4n) is 10.3. The highest BCUT2D eigenvalue weighted by molar-refractivity contribution is 7.47. The molecule has 3 N–H and O–H groups in total. The van der Waals surface area contributed by atoms with Crippen LogP contribution in [0.3, 0.4) is 0 Å². The second-order valence-electron chi connectivity index (χ2n) is 26.6. The fourth-order valence-corrected chi connectivity index (χ4v) is 11.9. The fraction of sp³-hybridized carbons (Fsp3) is 0.942. The monoisotopic (exact) mass is 1300 g/mol. The van der Waals surface area contributed by atoms with Crippen molar-refractivity contribution in [1.82, 2.24) is 0 Å². The van der Waals surface area contributed by atoms with E-state index in [2.05, 4.69) is 55.4 Å². The summed E-state index contributed by atoms with van der Waals surface area (Å²) in [4.78, 5) is 72.4. The van der Waals surface area contributed by atoms with E-state index >= 15 is 0 Å². The molecule has 0 fully saturated rings. The summed E-state index contributed by atoms with van der Waals surface area (Å²) in [7, 11) is -9.90. The van der Waals surface area contributed by atoms with Crippen LogP contribution >= 0.6 is 15.6 Å². The van der Waals surface area contributed by atoms with Crippen molar-refractivity contribution < 1.29 is 80.2 Å². The minimum Gasteiger partial charge on any atom is -0.462 e. The number of esters is 4. The van der Waals surface area contributed by atoms with E-state index in [1.165, 1.54) is 128 Å². The molecule has 0 heterocycles. The maximum atomic E-state index is 13.0. The third-order valence-corrected chi connectivity index (χ3v) is 18.1. The van der Waals surface area contributed by atoms with Crippen LogP contribution in [0.2, 0.25) is 0 Å². The Hall–Kier alpha value is -1.94. The van der Waals surface area contributed by atoms with E-state index in [4.69, 9.17) is 37.0 Å². The van der Waals surface area contributed by atoms with E-state index in [0.717, 1.165) is 115 Å². The van der Waals surface area contributed by atoms with Gasteiger partial charge >= 0.3 is 39.5 Å². The van der Waals surface area contributed by atoms with Crippen molar-refractivity contribution in [3.8, 4) is 0 Å². The number of aliphatic hydroxyl groups excluding tert-OH is 1. The lowest BCUT2D eigenvalue weighted by atomic mass is 10.00. The van der Waals surface area contributed by atoms with Crippen molar-refractivity contribution in [2.24, 2.45) is 23.7 Å². The van der Waals surface area contributed by atoms with Crippen LogP contribution in [0.5, 0.6) is 0 Å². The van der Waals surface area contributed by atoms with Gasteiger partial charge in [-0.3, -0.25) is 37.3 Å². The molecule has 0 aromatic heterocycles. The van der Waals surface area contributed by atoms with Crippen LogP contribution in [-0.4, -0.2) is 96.7 Å². The van der Waals surface area contributed by atoms with E-state index < -0.39 is 97.5 Å². The largest absolute Gasteiger partial charge is 0.472 e. The number of phosphoric acid groups is 2. The molecular formula is C69H134O17P2. The third-order valence-electron chi connectivity index (χ3n) is 16.2. The predicted octanol–water partition coefficient (Wildman–Crippen LogP) is 19.3. The zero-order valence-electron chi connectivity index (χ0n) is 57.3. The molecule has 0 saturated carbocycles. The highest BCUT2D eigenvalue weighted by Gasteiger charge is 2.30. The van der Waals surface area contributed by atoms with Gasteiger partial charge in [0.25, 0.3) is 0 Å². The van der Waals surface area contributed by atoms with Gasteiger partial charge in [-0.1, -0.05) is 287 Å². The number of hydrogen-bond acceptors (Lipinski definition) is 15. The predicted molar refractivity (Wildman–Crippen MR) is 354 cm³/mol. The maximum Gasteiger partial charge on any atom is 0.472 e. The molecule has 17 nitrogen and oxygen atoms in total. The second kappa shape index (κ2) is 58.8. The lowest BCUT2D eigenvalue weighted by Crippen LogP contribution is -2.30. The van der Waals surface area contributed by atoms with E-state index in [1.54, 1.807) is 0 Å². The highest BCUT2D eigenvalue weighted by Crippen LogP contribution is 2.45. The van der Waals surface area contributed by atoms with Gasteiger partial charge in [0.05, 0.1) is 26.4 Å². The summed E-state index contributed by atoms with van der Waals surface area (Å²) in [6, 6.07) is 0. The van der Waals surface area contributed by atoms with Gasteiger partial charge in [0.2, 0.25) is 0 Å². The molecule has 88 heavy (non-hydrogen) atoms. The number of carbonyl (C=O) groups excluding carboxylic acids is 4. The van der Waals surface area contributed by atoms with Gasteiger partial charge in [0.1, 0.15) is 19.3 Å². The Morgan fingerprint density at radius 1 is 0.318 bits per heavy atom. The number of carbonyl (C=O) groups is 4. The second-order valence-corrected chi connectivity index (χ2v) is 29.5. The lowest BCUT2D eigenvalue weighted by Gasteiger charge is -2.21. The first kappa shape index (κ1) is 86.1. The molecule has 0 aliphatic carbocycles. The Kier molecular flexibility index (Phi) is 57.6. The maximum absolute atomic E-state index is 13.0. The smallest absolute Gasteiger partial charge is 0.462 e. The van der Waals surface area contributed by atoms with Gasteiger partial charge < -0.3 is 33.8 Å².